The van der Waals surface area contributed by atoms with Gasteiger partial charge in [0.2, 0.25) is 5.91 Å². The molecule has 1 aliphatic rings. The Labute approximate surface area is 135 Å². The van der Waals surface area contributed by atoms with Gasteiger partial charge >= 0.3 is 5.97 Å². The van der Waals surface area contributed by atoms with Crippen LogP contribution in [0, 0.1) is 5.92 Å². The maximum atomic E-state index is 12.4. The van der Waals surface area contributed by atoms with Gasteiger partial charge < -0.3 is 14.6 Å². The van der Waals surface area contributed by atoms with Crippen molar-refractivity contribution in [2.24, 2.45) is 5.92 Å². The van der Waals surface area contributed by atoms with Crippen molar-refractivity contribution in [1.29, 1.82) is 0 Å². The first-order valence-corrected chi connectivity index (χ1v) is 8.17. The number of fused-ring (bicyclic) bond motifs is 1. The standard InChI is InChI=1S/C18H22N2O3/c21-17(20-9-5-14(6-10-20)13-18(22)23)8-12-19-11-7-15-3-1-2-4-16(15)19/h1-4,7,11,14H,5-6,8-10,12-13H2,(H,22,23). The van der Waals surface area contributed by atoms with Gasteiger partial charge in [-0.25, -0.2) is 0 Å². The maximum Gasteiger partial charge on any atom is 0.303 e. The largest absolute Gasteiger partial charge is 0.481 e. The number of carboxylic acids is 1. The number of benzene rings is 1. The fraction of sp³-hybridized carbons (Fsp3) is 0.444. The fourth-order valence-electron chi connectivity index (χ4n) is 3.34. The monoisotopic (exact) mass is 314 g/mol. The quantitative estimate of drug-likeness (QED) is 0.923. The van der Waals surface area contributed by atoms with Crippen LogP contribution >= 0.6 is 0 Å². The lowest BCUT2D eigenvalue weighted by Gasteiger charge is -2.31. The molecule has 5 heteroatoms. The summed E-state index contributed by atoms with van der Waals surface area (Å²) in [6, 6.07) is 10.2. The molecule has 0 bridgehead atoms. The molecule has 1 aliphatic heterocycles. The molecule has 3 rings (SSSR count). The Morgan fingerprint density at radius 2 is 1.87 bits per heavy atom. The second-order valence-electron chi connectivity index (χ2n) is 6.24. The smallest absolute Gasteiger partial charge is 0.303 e. The maximum absolute atomic E-state index is 12.4. The molecule has 1 saturated heterocycles. The van der Waals surface area contributed by atoms with Gasteiger partial charge in [0, 0.05) is 44.2 Å². The molecule has 0 atom stereocenters. The molecule has 1 amide bonds. The summed E-state index contributed by atoms with van der Waals surface area (Å²) < 4.78 is 2.12. The van der Waals surface area contributed by atoms with Crippen molar-refractivity contribution in [2.75, 3.05) is 13.1 Å². The van der Waals surface area contributed by atoms with Gasteiger partial charge in [-0.1, -0.05) is 18.2 Å². The highest BCUT2D eigenvalue weighted by Gasteiger charge is 2.24. The molecule has 2 aromatic rings. The van der Waals surface area contributed by atoms with Crippen LogP contribution in [-0.4, -0.2) is 39.5 Å². The summed E-state index contributed by atoms with van der Waals surface area (Å²) >= 11 is 0. The van der Waals surface area contributed by atoms with Gasteiger partial charge in [-0.15, -0.1) is 0 Å². The first kappa shape index (κ1) is 15.6. The highest BCUT2D eigenvalue weighted by atomic mass is 16.4. The second kappa shape index (κ2) is 6.86. The number of carbonyl (C=O) groups is 2. The molecular weight excluding hydrogens is 292 g/mol. The Bertz CT molecular complexity index is 699. The van der Waals surface area contributed by atoms with Gasteiger partial charge in [0.15, 0.2) is 0 Å². The van der Waals surface area contributed by atoms with Gasteiger partial charge in [0.25, 0.3) is 0 Å². The number of aliphatic carboxylic acids is 1. The lowest BCUT2D eigenvalue weighted by molar-refractivity contribution is -0.138. The van der Waals surface area contributed by atoms with E-state index in [4.69, 9.17) is 5.11 Å². The molecular formula is C18H22N2O3. The molecule has 1 aromatic heterocycles. The number of aromatic nitrogens is 1. The van der Waals surface area contributed by atoms with Crippen LogP contribution in [0.25, 0.3) is 10.9 Å². The number of hydrogen-bond acceptors (Lipinski definition) is 2. The molecule has 122 valence electrons. The van der Waals surface area contributed by atoms with E-state index < -0.39 is 5.97 Å². The Morgan fingerprint density at radius 1 is 1.13 bits per heavy atom. The molecule has 2 heterocycles. The summed E-state index contributed by atoms with van der Waals surface area (Å²) in [7, 11) is 0. The van der Waals surface area contributed by atoms with Crippen LogP contribution in [0.15, 0.2) is 36.5 Å². The molecule has 23 heavy (non-hydrogen) atoms. The van der Waals surface area contributed by atoms with E-state index >= 15 is 0 Å². The Balaban J connectivity index is 1.51. The lowest BCUT2D eigenvalue weighted by Crippen LogP contribution is -2.39. The minimum absolute atomic E-state index is 0.163. The second-order valence-corrected chi connectivity index (χ2v) is 6.24. The number of amides is 1. The van der Waals surface area contributed by atoms with Crippen molar-refractivity contribution in [3.63, 3.8) is 0 Å². The lowest BCUT2D eigenvalue weighted by atomic mass is 9.93. The Kier molecular flexibility index (Phi) is 4.65. The fourth-order valence-corrected chi connectivity index (χ4v) is 3.34. The van der Waals surface area contributed by atoms with E-state index in [2.05, 4.69) is 22.8 Å². The van der Waals surface area contributed by atoms with Crippen molar-refractivity contribution in [3.8, 4) is 0 Å². The summed E-state index contributed by atoms with van der Waals surface area (Å²) in [5.41, 5.74) is 1.15. The minimum atomic E-state index is -0.741. The molecule has 1 aromatic carbocycles. The zero-order valence-corrected chi connectivity index (χ0v) is 13.1. The molecule has 1 fully saturated rings. The van der Waals surface area contributed by atoms with E-state index in [1.165, 1.54) is 5.39 Å². The van der Waals surface area contributed by atoms with Crippen LogP contribution in [0.3, 0.4) is 0 Å². The number of rotatable bonds is 5. The Morgan fingerprint density at radius 3 is 2.61 bits per heavy atom. The summed E-state index contributed by atoms with van der Waals surface area (Å²) in [6.07, 6.45) is 4.33. The number of para-hydroxylation sites is 1. The predicted octanol–water partition coefficient (Wildman–Crippen LogP) is 2.74. The third-order valence-electron chi connectivity index (χ3n) is 4.68. The van der Waals surface area contributed by atoms with Crippen LogP contribution in [0.5, 0.6) is 0 Å². The number of nitrogens with zero attached hydrogens (tertiary/aromatic N) is 2. The van der Waals surface area contributed by atoms with Crippen molar-refractivity contribution < 1.29 is 14.7 Å². The average molecular weight is 314 g/mol. The summed E-state index contributed by atoms with van der Waals surface area (Å²) in [6.45, 7) is 2.05. The number of hydrogen-bond donors (Lipinski definition) is 1. The highest BCUT2D eigenvalue weighted by Crippen LogP contribution is 2.21. The number of likely N-dealkylation sites (tertiary alicyclic amines) is 1. The van der Waals surface area contributed by atoms with Crippen LogP contribution in [0.2, 0.25) is 0 Å². The van der Waals surface area contributed by atoms with Gasteiger partial charge in [0.05, 0.1) is 0 Å². The zero-order chi connectivity index (χ0) is 16.2. The van der Waals surface area contributed by atoms with Crippen molar-refractivity contribution >= 4 is 22.8 Å². The van der Waals surface area contributed by atoms with Crippen LogP contribution in [0.1, 0.15) is 25.7 Å². The molecule has 0 aliphatic carbocycles. The van der Waals surface area contributed by atoms with Crippen LogP contribution in [-0.2, 0) is 16.1 Å². The summed E-state index contributed by atoms with van der Waals surface area (Å²) in [5, 5.41) is 10.0. The van der Waals surface area contributed by atoms with E-state index in [9.17, 15) is 9.59 Å². The van der Waals surface area contributed by atoms with Crippen molar-refractivity contribution in [2.45, 2.75) is 32.2 Å². The van der Waals surface area contributed by atoms with E-state index in [1.54, 1.807) is 0 Å². The van der Waals surface area contributed by atoms with Gasteiger partial charge in [-0.3, -0.25) is 9.59 Å². The van der Waals surface area contributed by atoms with Crippen LogP contribution < -0.4 is 0 Å². The molecule has 5 nitrogen and oxygen atoms in total. The normalized spacial score (nSPS) is 15.9. The molecule has 1 N–H and O–H groups in total. The third kappa shape index (κ3) is 3.73. The SMILES string of the molecule is O=C(O)CC1CCN(C(=O)CCn2ccc3ccccc32)CC1. The topological polar surface area (TPSA) is 62.5 Å². The minimum Gasteiger partial charge on any atom is -0.481 e. The van der Waals surface area contributed by atoms with E-state index in [1.807, 2.05) is 23.2 Å². The van der Waals surface area contributed by atoms with E-state index in [0.717, 1.165) is 18.4 Å². The predicted molar refractivity (Wildman–Crippen MR) is 88.1 cm³/mol. The first-order valence-electron chi connectivity index (χ1n) is 8.17. The number of carbonyl (C=O) groups excluding carboxylic acids is 1. The third-order valence-corrected chi connectivity index (χ3v) is 4.68. The summed E-state index contributed by atoms with van der Waals surface area (Å²) in [5.74, 6) is -0.365. The molecule has 0 spiro atoms. The number of carboxylic acid groups (broad SMARTS) is 1. The molecule has 0 radical (unpaired) electrons. The van der Waals surface area contributed by atoms with Crippen molar-refractivity contribution in [1.82, 2.24) is 9.47 Å². The highest BCUT2D eigenvalue weighted by molar-refractivity contribution is 5.80. The number of aryl methyl sites for hydroxylation is 1. The van der Waals surface area contributed by atoms with Gasteiger partial charge in [0.1, 0.15) is 0 Å². The number of piperidine rings is 1. The first-order chi connectivity index (χ1) is 11.1. The van der Waals surface area contributed by atoms with Crippen LogP contribution in [0.4, 0.5) is 0 Å². The average Bonchev–Trinajstić information content (AvgIpc) is 2.96. The van der Waals surface area contributed by atoms with E-state index in [0.29, 0.717) is 26.1 Å². The molecule has 0 saturated carbocycles. The zero-order valence-electron chi connectivity index (χ0n) is 13.1. The van der Waals surface area contributed by atoms with Gasteiger partial charge in [-0.05, 0) is 36.3 Å². The molecule has 0 unspecified atom stereocenters. The van der Waals surface area contributed by atoms with E-state index in [-0.39, 0.29) is 18.2 Å². The summed E-state index contributed by atoms with van der Waals surface area (Å²) in [4.78, 5) is 25.0. The van der Waals surface area contributed by atoms with Crippen molar-refractivity contribution in [3.05, 3.63) is 36.5 Å². The van der Waals surface area contributed by atoms with Gasteiger partial charge in [-0.2, -0.15) is 0 Å². The Hall–Kier alpha value is -2.30.